The zero-order valence-electron chi connectivity index (χ0n) is 18.5. The first-order valence-electron chi connectivity index (χ1n) is 10.0. The molecule has 0 atom stereocenters. The largest absolute Gasteiger partial charge is 0.496 e. The van der Waals surface area contributed by atoms with Gasteiger partial charge in [-0.3, -0.25) is 13.9 Å². The van der Waals surface area contributed by atoms with Gasteiger partial charge in [-0.1, -0.05) is 17.7 Å². The molecule has 0 heterocycles. The molecule has 0 radical (unpaired) electrons. The molecule has 0 saturated heterocycles. The summed E-state index contributed by atoms with van der Waals surface area (Å²) < 4.78 is 34.0. The van der Waals surface area contributed by atoms with Crippen LogP contribution in [0.3, 0.4) is 0 Å². The highest BCUT2D eigenvalue weighted by Crippen LogP contribution is 2.30. The van der Waals surface area contributed by atoms with Crippen LogP contribution in [0.4, 0.5) is 5.69 Å². The number of benzene rings is 3. The quantitative estimate of drug-likeness (QED) is 0.460. The third kappa shape index (κ3) is 4.89. The second-order valence-corrected chi connectivity index (χ2v) is 9.37. The molecular formula is C25H25NO5S. The van der Waals surface area contributed by atoms with Gasteiger partial charge in [-0.05, 0) is 75.4 Å². The highest BCUT2D eigenvalue weighted by Gasteiger charge is 2.26. The first kappa shape index (κ1) is 23.2. The van der Waals surface area contributed by atoms with Crippen molar-refractivity contribution in [3.05, 3.63) is 89.0 Å². The topological polar surface area (TPSA) is 80.8 Å². The van der Waals surface area contributed by atoms with E-state index in [2.05, 4.69) is 0 Å². The molecule has 0 saturated carbocycles. The summed E-state index contributed by atoms with van der Waals surface area (Å²) in [4.78, 5) is 23.7. The molecule has 0 amide bonds. The molecule has 0 aliphatic carbocycles. The fourth-order valence-electron chi connectivity index (χ4n) is 3.29. The van der Waals surface area contributed by atoms with Gasteiger partial charge in [0.05, 0.1) is 24.2 Å². The van der Waals surface area contributed by atoms with E-state index >= 15 is 0 Å². The first-order chi connectivity index (χ1) is 15.1. The Morgan fingerprint density at radius 2 is 1.41 bits per heavy atom. The highest BCUT2D eigenvalue weighted by atomic mass is 32.2. The average Bonchev–Trinajstić information content (AvgIpc) is 2.77. The molecule has 0 aliphatic rings. The molecule has 0 aromatic heterocycles. The van der Waals surface area contributed by atoms with E-state index in [1.165, 1.54) is 25.3 Å². The molecule has 166 valence electrons. The summed E-state index contributed by atoms with van der Waals surface area (Å²) in [5.74, 6) is 0.229. The van der Waals surface area contributed by atoms with Crippen LogP contribution >= 0.6 is 0 Å². The van der Waals surface area contributed by atoms with Crippen molar-refractivity contribution >= 4 is 27.3 Å². The summed E-state index contributed by atoms with van der Waals surface area (Å²) in [6.45, 7) is 4.73. The van der Waals surface area contributed by atoms with Crippen LogP contribution in [0.5, 0.6) is 5.75 Å². The Bertz CT molecular complexity index is 1250. The number of carbonyl (C=O) groups excluding carboxylic acids is 2. The lowest BCUT2D eigenvalue weighted by Gasteiger charge is -2.26. The van der Waals surface area contributed by atoms with Crippen molar-refractivity contribution in [1.29, 1.82) is 0 Å². The van der Waals surface area contributed by atoms with E-state index in [4.69, 9.17) is 4.74 Å². The van der Waals surface area contributed by atoms with E-state index in [1.807, 2.05) is 6.92 Å². The zero-order chi connectivity index (χ0) is 23.5. The number of hydrogen-bond acceptors (Lipinski definition) is 5. The average molecular weight is 452 g/mol. The first-order valence-corrected chi connectivity index (χ1v) is 11.5. The Kier molecular flexibility index (Phi) is 6.79. The molecular weight excluding hydrogens is 426 g/mol. The number of sulfonamides is 1. The summed E-state index contributed by atoms with van der Waals surface area (Å²) in [6.07, 6.45) is 0. The van der Waals surface area contributed by atoms with Crippen molar-refractivity contribution in [2.75, 3.05) is 11.4 Å². The second-order valence-electron chi connectivity index (χ2n) is 7.51. The minimum atomic E-state index is -3.95. The molecule has 6 nitrogen and oxygen atoms in total. The number of ether oxygens (including phenoxy) is 1. The van der Waals surface area contributed by atoms with E-state index < -0.39 is 10.0 Å². The molecule has 0 bridgehead atoms. The summed E-state index contributed by atoms with van der Waals surface area (Å²) in [5.41, 5.74) is 2.83. The number of methoxy groups -OCH3 is 1. The summed E-state index contributed by atoms with van der Waals surface area (Å²) in [7, 11) is -2.46. The maximum atomic E-state index is 13.6. The Balaban J connectivity index is 2.15. The molecule has 7 heteroatoms. The lowest BCUT2D eigenvalue weighted by molar-refractivity contribution is 0.100. The van der Waals surface area contributed by atoms with Gasteiger partial charge in [0.2, 0.25) is 0 Å². The Morgan fingerprint density at radius 1 is 0.844 bits per heavy atom. The van der Waals surface area contributed by atoms with Crippen LogP contribution in [0.2, 0.25) is 0 Å². The van der Waals surface area contributed by atoms with Gasteiger partial charge < -0.3 is 4.74 Å². The van der Waals surface area contributed by atoms with Gasteiger partial charge in [0.15, 0.2) is 11.6 Å². The SMILES string of the molecule is COc1ccc(C(C)=O)cc1CN(c1ccc(C(C)=O)cc1)S(=O)(=O)c1ccc(C)cc1. The Morgan fingerprint density at radius 3 is 1.94 bits per heavy atom. The third-order valence-electron chi connectivity index (χ3n) is 5.17. The van der Waals surface area contributed by atoms with Gasteiger partial charge in [0, 0.05) is 16.7 Å². The molecule has 0 unspecified atom stereocenters. The van der Waals surface area contributed by atoms with Crippen molar-refractivity contribution in [3.8, 4) is 5.75 Å². The third-order valence-corrected chi connectivity index (χ3v) is 6.96. The van der Waals surface area contributed by atoms with Crippen molar-refractivity contribution in [1.82, 2.24) is 0 Å². The lowest BCUT2D eigenvalue weighted by atomic mass is 10.1. The van der Waals surface area contributed by atoms with E-state index in [-0.39, 0.29) is 23.0 Å². The van der Waals surface area contributed by atoms with Crippen LogP contribution in [-0.2, 0) is 16.6 Å². The summed E-state index contributed by atoms with van der Waals surface area (Å²) in [6, 6.07) is 17.9. The highest BCUT2D eigenvalue weighted by molar-refractivity contribution is 7.92. The van der Waals surface area contributed by atoms with E-state index in [0.29, 0.717) is 28.1 Å². The number of nitrogens with zero attached hydrogens (tertiary/aromatic N) is 1. The van der Waals surface area contributed by atoms with Gasteiger partial charge in [0.1, 0.15) is 5.75 Å². The molecule has 3 aromatic rings. The predicted octanol–water partition coefficient (Wildman–Crippen LogP) is 4.80. The van der Waals surface area contributed by atoms with Gasteiger partial charge in [0.25, 0.3) is 10.0 Å². The zero-order valence-corrected chi connectivity index (χ0v) is 19.3. The van der Waals surface area contributed by atoms with Gasteiger partial charge in [-0.2, -0.15) is 0 Å². The van der Waals surface area contributed by atoms with E-state index in [9.17, 15) is 18.0 Å². The molecule has 32 heavy (non-hydrogen) atoms. The standard InChI is InChI=1S/C25H25NO5S/c1-17-5-12-24(13-6-17)32(29,30)26(23-10-7-20(8-11-23)18(2)27)16-22-15-21(19(3)28)9-14-25(22)31-4/h5-15H,16H2,1-4H3. The summed E-state index contributed by atoms with van der Waals surface area (Å²) >= 11 is 0. The number of Topliss-reactive ketones (excluding diaryl/α,β-unsaturated/α-hetero) is 2. The predicted molar refractivity (Wildman–Crippen MR) is 124 cm³/mol. The van der Waals surface area contributed by atoms with Crippen molar-refractivity contribution in [2.24, 2.45) is 0 Å². The lowest BCUT2D eigenvalue weighted by Crippen LogP contribution is -2.31. The van der Waals surface area contributed by atoms with Gasteiger partial charge in [-0.25, -0.2) is 8.42 Å². The smallest absolute Gasteiger partial charge is 0.264 e. The van der Waals surface area contributed by atoms with Crippen LogP contribution in [0.25, 0.3) is 0 Å². The Hall–Kier alpha value is -3.45. The summed E-state index contributed by atoms with van der Waals surface area (Å²) in [5, 5.41) is 0. The van der Waals surface area contributed by atoms with Crippen molar-refractivity contribution in [3.63, 3.8) is 0 Å². The molecule has 0 aliphatic heterocycles. The van der Waals surface area contributed by atoms with Gasteiger partial charge >= 0.3 is 0 Å². The number of ketones is 2. The van der Waals surface area contributed by atoms with Crippen molar-refractivity contribution < 1.29 is 22.7 Å². The Labute approximate surface area is 188 Å². The van der Waals surface area contributed by atoms with Crippen molar-refractivity contribution in [2.45, 2.75) is 32.2 Å². The fraction of sp³-hybridized carbons (Fsp3) is 0.200. The van der Waals surface area contributed by atoms with Crippen LogP contribution in [0.1, 0.15) is 45.7 Å². The minimum Gasteiger partial charge on any atom is -0.496 e. The van der Waals surface area contributed by atoms with E-state index in [1.54, 1.807) is 66.7 Å². The number of aryl methyl sites for hydroxylation is 1. The molecule has 3 rings (SSSR count). The number of rotatable bonds is 8. The fourth-order valence-corrected chi connectivity index (χ4v) is 4.73. The van der Waals surface area contributed by atoms with Crippen LogP contribution in [0, 0.1) is 6.92 Å². The molecule has 0 spiro atoms. The maximum Gasteiger partial charge on any atom is 0.264 e. The number of carbonyl (C=O) groups is 2. The van der Waals surface area contributed by atoms with Crippen LogP contribution < -0.4 is 9.04 Å². The molecule has 0 N–H and O–H groups in total. The van der Waals surface area contributed by atoms with Crippen LogP contribution in [-0.4, -0.2) is 27.1 Å². The van der Waals surface area contributed by atoms with Gasteiger partial charge in [-0.15, -0.1) is 0 Å². The minimum absolute atomic E-state index is 0.0556. The monoisotopic (exact) mass is 451 g/mol. The second kappa shape index (κ2) is 9.36. The normalized spacial score (nSPS) is 11.1. The van der Waals surface area contributed by atoms with E-state index in [0.717, 1.165) is 5.56 Å². The molecule has 3 aromatic carbocycles. The number of hydrogen-bond donors (Lipinski definition) is 0. The maximum absolute atomic E-state index is 13.6. The molecule has 0 fully saturated rings. The number of anilines is 1. The van der Waals surface area contributed by atoms with Crippen LogP contribution in [0.15, 0.2) is 71.6 Å².